The lowest BCUT2D eigenvalue weighted by atomic mass is 10.3. The van der Waals surface area contributed by atoms with Gasteiger partial charge in [-0.2, -0.15) is 0 Å². The molecule has 0 fully saturated rings. The van der Waals surface area contributed by atoms with Gasteiger partial charge in [0.05, 0.1) is 0 Å². The summed E-state index contributed by atoms with van der Waals surface area (Å²) in [7, 11) is 0. The van der Waals surface area contributed by atoms with Crippen molar-refractivity contribution in [1.82, 2.24) is 5.43 Å². The van der Waals surface area contributed by atoms with Gasteiger partial charge in [-0.3, -0.25) is 10.2 Å². The van der Waals surface area contributed by atoms with Crippen molar-refractivity contribution < 1.29 is 13.9 Å². The number of furan rings is 1. The van der Waals surface area contributed by atoms with Crippen LogP contribution in [0.1, 0.15) is 16.3 Å². The van der Waals surface area contributed by atoms with E-state index in [1.165, 1.54) is 6.07 Å². The number of amides is 1. The molecule has 19 heavy (non-hydrogen) atoms. The summed E-state index contributed by atoms with van der Waals surface area (Å²) in [4.78, 5) is 11.2. The minimum Gasteiger partial charge on any atom is -0.486 e. The van der Waals surface area contributed by atoms with Crippen molar-refractivity contribution in [2.24, 2.45) is 5.84 Å². The van der Waals surface area contributed by atoms with Gasteiger partial charge < -0.3 is 9.15 Å². The van der Waals surface area contributed by atoms with Crippen LogP contribution in [-0.2, 0) is 6.61 Å². The average Bonchev–Trinajstić information content (AvgIpc) is 2.83. The molecule has 1 aromatic heterocycles. The van der Waals surface area contributed by atoms with Crippen LogP contribution >= 0.6 is 23.2 Å². The Morgan fingerprint density at radius 3 is 2.58 bits per heavy atom. The molecule has 0 aliphatic heterocycles. The van der Waals surface area contributed by atoms with Crippen LogP contribution in [-0.4, -0.2) is 5.91 Å². The molecule has 0 atom stereocenters. The molecule has 5 nitrogen and oxygen atoms in total. The molecule has 0 radical (unpaired) electrons. The van der Waals surface area contributed by atoms with E-state index in [-0.39, 0.29) is 12.4 Å². The maximum atomic E-state index is 11.2. The highest BCUT2D eigenvalue weighted by Crippen LogP contribution is 2.25. The molecule has 0 aliphatic carbocycles. The van der Waals surface area contributed by atoms with Crippen LogP contribution in [0.15, 0.2) is 34.7 Å². The fourth-order valence-corrected chi connectivity index (χ4v) is 1.92. The highest BCUT2D eigenvalue weighted by Gasteiger charge is 2.10. The lowest BCUT2D eigenvalue weighted by Gasteiger charge is -2.05. The van der Waals surface area contributed by atoms with Gasteiger partial charge >= 0.3 is 5.91 Å². The van der Waals surface area contributed by atoms with Gasteiger partial charge in [0.25, 0.3) is 0 Å². The Labute approximate surface area is 119 Å². The molecule has 3 N–H and O–H groups in total. The van der Waals surface area contributed by atoms with E-state index >= 15 is 0 Å². The number of hydrogen-bond donors (Lipinski definition) is 2. The number of carbonyl (C=O) groups is 1. The van der Waals surface area contributed by atoms with Crippen LogP contribution in [0, 0.1) is 0 Å². The van der Waals surface area contributed by atoms with Gasteiger partial charge in [0.1, 0.15) is 18.1 Å². The van der Waals surface area contributed by atoms with Crippen LogP contribution in [0.4, 0.5) is 0 Å². The number of hydrogen-bond acceptors (Lipinski definition) is 4. The minimum absolute atomic E-state index is 0.116. The van der Waals surface area contributed by atoms with E-state index in [0.29, 0.717) is 21.6 Å². The highest BCUT2D eigenvalue weighted by molar-refractivity contribution is 6.34. The first-order valence-corrected chi connectivity index (χ1v) is 6.02. The smallest absolute Gasteiger partial charge is 0.300 e. The second-order valence-corrected chi connectivity index (χ2v) is 4.51. The molecule has 1 amide bonds. The summed E-state index contributed by atoms with van der Waals surface area (Å²) in [6, 6.07) is 7.99. The third-order valence-corrected chi connectivity index (χ3v) is 2.67. The monoisotopic (exact) mass is 300 g/mol. The summed E-state index contributed by atoms with van der Waals surface area (Å²) in [6.45, 7) is 0.147. The average molecular weight is 301 g/mol. The van der Waals surface area contributed by atoms with Crippen molar-refractivity contribution in [3.8, 4) is 5.75 Å². The normalized spacial score (nSPS) is 10.3. The van der Waals surface area contributed by atoms with E-state index in [2.05, 4.69) is 0 Å². The first-order valence-electron chi connectivity index (χ1n) is 5.27. The van der Waals surface area contributed by atoms with E-state index in [0.717, 1.165) is 0 Å². The number of carbonyl (C=O) groups excluding carboxylic acids is 1. The number of hydrazine groups is 1. The van der Waals surface area contributed by atoms with Gasteiger partial charge in [-0.25, -0.2) is 5.84 Å². The first-order chi connectivity index (χ1) is 9.08. The molecular formula is C12H10Cl2N2O3. The zero-order chi connectivity index (χ0) is 13.8. The van der Waals surface area contributed by atoms with Crippen LogP contribution in [0.2, 0.25) is 10.0 Å². The molecule has 0 saturated carbocycles. The zero-order valence-corrected chi connectivity index (χ0v) is 11.2. The summed E-state index contributed by atoms with van der Waals surface area (Å²) >= 11 is 11.7. The molecule has 100 valence electrons. The second-order valence-electron chi connectivity index (χ2n) is 3.63. The number of ether oxygens (including phenoxy) is 1. The van der Waals surface area contributed by atoms with E-state index in [9.17, 15) is 4.79 Å². The Morgan fingerprint density at radius 2 is 1.95 bits per heavy atom. The first kappa shape index (κ1) is 13.7. The van der Waals surface area contributed by atoms with Crippen molar-refractivity contribution in [1.29, 1.82) is 0 Å². The van der Waals surface area contributed by atoms with Gasteiger partial charge in [0.2, 0.25) is 0 Å². The van der Waals surface area contributed by atoms with Gasteiger partial charge in [-0.1, -0.05) is 23.2 Å². The number of nitrogens with two attached hydrogens (primary N) is 1. The van der Waals surface area contributed by atoms with Gasteiger partial charge in [0.15, 0.2) is 5.76 Å². The molecule has 2 rings (SSSR count). The van der Waals surface area contributed by atoms with E-state index in [1.54, 1.807) is 24.3 Å². The van der Waals surface area contributed by atoms with Crippen molar-refractivity contribution in [3.63, 3.8) is 0 Å². The van der Waals surface area contributed by atoms with Crippen LogP contribution in [0.3, 0.4) is 0 Å². The highest BCUT2D eigenvalue weighted by atomic mass is 35.5. The molecule has 2 aromatic rings. The lowest BCUT2D eigenvalue weighted by molar-refractivity contribution is 0.0922. The van der Waals surface area contributed by atoms with Gasteiger partial charge in [0, 0.05) is 10.0 Å². The predicted molar refractivity (Wildman–Crippen MR) is 71.2 cm³/mol. The van der Waals surface area contributed by atoms with Crippen molar-refractivity contribution >= 4 is 29.1 Å². The third-order valence-electron chi connectivity index (χ3n) is 2.23. The maximum Gasteiger partial charge on any atom is 0.300 e. The lowest BCUT2D eigenvalue weighted by Crippen LogP contribution is -2.29. The largest absolute Gasteiger partial charge is 0.486 e. The quantitative estimate of drug-likeness (QED) is 0.517. The Balaban J connectivity index is 2.02. The SMILES string of the molecule is NNC(=O)c1ccc(COc2cc(Cl)cc(Cl)c2)o1. The van der Waals surface area contributed by atoms with Crippen molar-refractivity contribution in [2.75, 3.05) is 0 Å². The minimum atomic E-state index is -0.503. The number of nitrogens with one attached hydrogen (secondary N) is 1. The maximum absolute atomic E-state index is 11.2. The molecule has 0 spiro atoms. The molecule has 7 heteroatoms. The van der Waals surface area contributed by atoms with Crippen molar-refractivity contribution in [2.45, 2.75) is 6.61 Å². The Bertz CT molecular complexity index is 578. The van der Waals surface area contributed by atoms with E-state index in [4.69, 9.17) is 38.2 Å². The molecule has 1 aromatic carbocycles. The molecule has 0 aliphatic rings. The van der Waals surface area contributed by atoms with Crippen LogP contribution in [0.25, 0.3) is 0 Å². The number of nitrogen functional groups attached to an aromatic ring is 1. The fraction of sp³-hybridized carbons (Fsp3) is 0.0833. The van der Waals surface area contributed by atoms with E-state index < -0.39 is 5.91 Å². The molecular weight excluding hydrogens is 291 g/mol. The standard InChI is InChI=1S/C12H10Cl2N2O3/c13-7-3-8(14)5-10(4-7)18-6-9-1-2-11(19-9)12(17)16-15/h1-5H,6,15H2,(H,16,17). The molecule has 0 unspecified atom stereocenters. The Kier molecular flexibility index (Phi) is 4.31. The summed E-state index contributed by atoms with van der Waals surface area (Å²) in [5, 5.41) is 0.954. The Morgan fingerprint density at radius 1 is 1.26 bits per heavy atom. The summed E-state index contributed by atoms with van der Waals surface area (Å²) in [6.07, 6.45) is 0. The third kappa shape index (κ3) is 3.64. The number of rotatable bonds is 4. The second kappa shape index (κ2) is 5.97. The molecule has 1 heterocycles. The van der Waals surface area contributed by atoms with Crippen LogP contribution in [0.5, 0.6) is 5.75 Å². The van der Waals surface area contributed by atoms with Gasteiger partial charge in [-0.15, -0.1) is 0 Å². The summed E-state index contributed by atoms with van der Waals surface area (Å²) in [5.41, 5.74) is 1.97. The van der Waals surface area contributed by atoms with Crippen molar-refractivity contribution in [3.05, 3.63) is 51.9 Å². The van der Waals surface area contributed by atoms with Crippen LogP contribution < -0.4 is 16.0 Å². The number of halogens is 2. The fourth-order valence-electron chi connectivity index (χ4n) is 1.41. The predicted octanol–water partition coefficient (Wildman–Crippen LogP) is 2.77. The Hall–Kier alpha value is -1.69. The summed E-state index contributed by atoms with van der Waals surface area (Å²) in [5.74, 6) is 5.60. The summed E-state index contributed by atoms with van der Waals surface area (Å²) < 4.78 is 10.7. The van der Waals surface area contributed by atoms with Gasteiger partial charge in [-0.05, 0) is 30.3 Å². The number of benzene rings is 1. The van der Waals surface area contributed by atoms with E-state index in [1.807, 2.05) is 5.43 Å². The molecule has 0 saturated heterocycles. The topological polar surface area (TPSA) is 77.5 Å². The molecule has 0 bridgehead atoms. The zero-order valence-electron chi connectivity index (χ0n) is 9.65.